The van der Waals surface area contributed by atoms with E-state index in [1.165, 1.54) is 0 Å². The molecule has 4 N–H and O–H groups in total. The highest BCUT2D eigenvalue weighted by Gasteiger charge is 2.37. The molecule has 1 fully saturated rings. The molecule has 0 saturated carbocycles. The monoisotopic (exact) mass is 442 g/mol. The lowest BCUT2D eigenvalue weighted by molar-refractivity contribution is -0.136. The van der Waals surface area contributed by atoms with Crippen LogP contribution in [0.1, 0.15) is 42.1 Å². The molecule has 166 valence electrons. The van der Waals surface area contributed by atoms with Crippen LogP contribution < -0.4 is 5.73 Å². The number of likely N-dealkylation sites (tertiary alicyclic amines) is 1. The first-order chi connectivity index (χ1) is 15.3. The minimum atomic E-state index is -4.62. The molecule has 0 bridgehead atoms. The number of hydrogen-bond donors (Lipinski definition) is 3. The predicted molar refractivity (Wildman–Crippen MR) is 114 cm³/mol. The SMILES string of the molecule is Nc1[nH]nc2nc(C3CCCCN3C(=O)Cc3c[nH]c4ccccc34)cc(C(F)(F)F)c12. The third-order valence-corrected chi connectivity index (χ3v) is 6.06. The Morgan fingerprint density at radius 1 is 1.25 bits per heavy atom. The number of amides is 1. The summed E-state index contributed by atoms with van der Waals surface area (Å²) in [6, 6.07) is 8.14. The van der Waals surface area contributed by atoms with Gasteiger partial charge >= 0.3 is 6.18 Å². The summed E-state index contributed by atoms with van der Waals surface area (Å²) in [5.74, 6) is -0.321. The first kappa shape index (κ1) is 20.3. The minimum absolute atomic E-state index is 0.0954. The summed E-state index contributed by atoms with van der Waals surface area (Å²) >= 11 is 0. The van der Waals surface area contributed by atoms with Gasteiger partial charge in [-0.3, -0.25) is 9.89 Å². The molecule has 1 aromatic carbocycles. The largest absolute Gasteiger partial charge is 0.417 e. The van der Waals surface area contributed by atoms with Gasteiger partial charge in [0.2, 0.25) is 5.91 Å². The number of anilines is 1. The molecule has 4 heterocycles. The van der Waals surface area contributed by atoms with E-state index in [-0.39, 0.29) is 34.9 Å². The van der Waals surface area contributed by atoms with Gasteiger partial charge in [0, 0.05) is 23.6 Å². The fraction of sp³-hybridized carbons (Fsp3) is 0.318. The molecule has 10 heteroatoms. The number of nitrogens with zero attached hydrogens (tertiary/aromatic N) is 3. The first-order valence-electron chi connectivity index (χ1n) is 10.4. The molecular weight excluding hydrogens is 421 g/mol. The van der Waals surface area contributed by atoms with E-state index < -0.39 is 17.8 Å². The van der Waals surface area contributed by atoms with Crippen LogP contribution in [0.2, 0.25) is 0 Å². The molecule has 1 atom stereocenters. The molecule has 1 aliphatic heterocycles. The van der Waals surface area contributed by atoms with Crippen LogP contribution in [0.4, 0.5) is 19.0 Å². The van der Waals surface area contributed by atoms with Gasteiger partial charge in [0.25, 0.3) is 0 Å². The molecule has 0 radical (unpaired) electrons. The summed E-state index contributed by atoms with van der Waals surface area (Å²) in [5, 5.41) is 6.94. The number of fused-ring (bicyclic) bond motifs is 2. The van der Waals surface area contributed by atoms with Crippen molar-refractivity contribution in [2.45, 2.75) is 37.9 Å². The summed E-state index contributed by atoms with van der Waals surface area (Å²) in [6.07, 6.45) is -0.535. The summed E-state index contributed by atoms with van der Waals surface area (Å²) in [6.45, 7) is 0.468. The van der Waals surface area contributed by atoms with Gasteiger partial charge in [-0.2, -0.15) is 18.3 Å². The molecule has 3 aromatic heterocycles. The molecule has 1 aliphatic rings. The summed E-state index contributed by atoms with van der Waals surface area (Å²) in [5.41, 5.74) is 6.66. The van der Waals surface area contributed by atoms with E-state index in [0.717, 1.165) is 35.4 Å². The third-order valence-electron chi connectivity index (χ3n) is 6.06. The topological polar surface area (TPSA) is 104 Å². The molecule has 0 aliphatic carbocycles. The normalized spacial score (nSPS) is 17.3. The number of nitrogen functional groups attached to an aromatic ring is 1. The van der Waals surface area contributed by atoms with Gasteiger partial charge in [-0.25, -0.2) is 4.98 Å². The highest BCUT2D eigenvalue weighted by molar-refractivity contribution is 5.91. The van der Waals surface area contributed by atoms with Gasteiger partial charge in [0.05, 0.1) is 29.1 Å². The molecule has 1 saturated heterocycles. The second-order valence-electron chi connectivity index (χ2n) is 8.06. The molecule has 32 heavy (non-hydrogen) atoms. The van der Waals surface area contributed by atoms with Crippen LogP contribution >= 0.6 is 0 Å². The van der Waals surface area contributed by atoms with Gasteiger partial charge in [0.15, 0.2) is 5.65 Å². The number of aromatic amines is 2. The molecule has 1 unspecified atom stereocenters. The molecule has 5 rings (SSSR count). The number of para-hydroxylation sites is 1. The predicted octanol–water partition coefficient (Wildman–Crippen LogP) is 4.34. The molecule has 7 nitrogen and oxygen atoms in total. The third kappa shape index (κ3) is 3.45. The highest BCUT2D eigenvalue weighted by atomic mass is 19.4. The van der Waals surface area contributed by atoms with Crippen molar-refractivity contribution in [2.24, 2.45) is 0 Å². The van der Waals surface area contributed by atoms with Gasteiger partial charge in [-0.1, -0.05) is 18.2 Å². The first-order valence-corrected chi connectivity index (χ1v) is 10.4. The number of alkyl halides is 3. The van der Waals surface area contributed by atoms with Gasteiger partial charge in [-0.15, -0.1) is 0 Å². The lowest BCUT2D eigenvalue weighted by Crippen LogP contribution is -2.39. The summed E-state index contributed by atoms with van der Waals surface area (Å²) in [4.78, 5) is 22.4. The Balaban J connectivity index is 1.51. The Kier molecular flexibility index (Phi) is 4.79. The van der Waals surface area contributed by atoms with E-state index in [2.05, 4.69) is 20.2 Å². The highest BCUT2D eigenvalue weighted by Crippen LogP contribution is 2.39. The lowest BCUT2D eigenvalue weighted by Gasteiger charge is -2.35. The van der Waals surface area contributed by atoms with Crippen molar-refractivity contribution in [3.8, 4) is 0 Å². The van der Waals surface area contributed by atoms with Crippen molar-refractivity contribution in [1.29, 1.82) is 0 Å². The Bertz CT molecular complexity index is 1310. The molecular formula is C22H21F3N6O. The van der Waals surface area contributed by atoms with E-state index >= 15 is 0 Å². The molecule has 0 spiro atoms. The van der Waals surface area contributed by atoms with Crippen LogP contribution in [0.5, 0.6) is 0 Å². The van der Waals surface area contributed by atoms with Crippen LogP contribution in [0.15, 0.2) is 36.5 Å². The van der Waals surface area contributed by atoms with Crippen LogP contribution in [0.3, 0.4) is 0 Å². The Morgan fingerprint density at radius 3 is 2.88 bits per heavy atom. The van der Waals surface area contributed by atoms with Crippen LogP contribution in [0.25, 0.3) is 21.9 Å². The number of piperidine rings is 1. The number of carbonyl (C=O) groups is 1. The van der Waals surface area contributed by atoms with Crippen molar-refractivity contribution in [2.75, 3.05) is 12.3 Å². The zero-order valence-corrected chi connectivity index (χ0v) is 17.0. The number of aromatic nitrogens is 4. The van der Waals surface area contributed by atoms with E-state index in [4.69, 9.17) is 5.73 Å². The average Bonchev–Trinajstić information content (AvgIpc) is 3.36. The standard InChI is InChI=1S/C22H21F3N6O/c23-22(24,25)14-10-16(28-21-19(14)20(26)29-30-21)17-7-3-4-8-31(17)18(32)9-12-11-27-15-6-2-1-5-13(12)15/h1-2,5-6,10-11,17,27H,3-4,7-9H2,(H3,26,28,29,30). The van der Waals surface area contributed by atoms with E-state index in [1.54, 1.807) is 11.1 Å². The number of carbonyl (C=O) groups excluding carboxylic acids is 1. The van der Waals surface area contributed by atoms with E-state index in [0.29, 0.717) is 13.0 Å². The quantitative estimate of drug-likeness (QED) is 0.439. The Morgan fingerprint density at radius 2 is 2.06 bits per heavy atom. The zero-order chi connectivity index (χ0) is 22.5. The van der Waals surface area contributed by atoms with Crippen molar-refractivity contribution < 1.29 is 18.0 Å². The number of nitrogens with two attached hydrogens (primary N) is 1. The number of H-pyrrole nitrogens is 2. The number of nitrogens with one attached hydrogen (secondary N) is 2. The molecule has 4 aromatic rings. The second-order valence-corrected chi connectivity index (χ2v) is 8.06. The fourth-order valence-corrected chi connectivity index (χ4v) is 4.54. The van der Waals surface area contributed by atoms with Gasteiger partial charge in [0.1, 0.15) is 5.82 Å². The van der Waals surface area contributed by atoms with Crippen LogP contribution in [0, 0.1) is 0 Å². The van der Waals surface area contributed by atoms with Gasteiger partial charge < -0.3 is 15.6 Å². The molecule has 1 amide bonds. The van der Waals surface area contributed by atoms with Crippen molar-refractivity contribution in [3.63, 3.8) is 0 Å². The van der Waals surface area contributed by atoms with Gasteiger partial charge in [-0.05, 0) is 37.0 Å². The lowest BCUT2D eigenvalue weighted by atomic mass is 9.96. The fourth-order valence-electron chi connectivity index (χ4n) is 4.54. The Labute approximate surface area is 180 Å². The smallest absolute Gasteiger partial charge is 0.383 e. The van der Waals surface area contributed by atoms with Crippen molar-refractivity contribution >= 4 is 33.7 Å². The number of pyridine rings is 1. The maximum Gasteiger partial charge on any atom is 0.417 e. The Hall–Kier alpha value is -3.56. The minimum Gasteiger partial charge on any atom is -0.383 e. The average molecular weight is 442 g/mol. The van der Waals surface area contributed by atoms with Crippen LogP contribution in [-0.4, -0.2) is 37.5 Å². The van der Waals surface area contributed by atoms with E-state index in [1.807, 2.05) is 24.3 Å². The van der Waals surface area contributed by atoms with Crippen molar-refractivity contribution in [3.05, 3.63) is 53.3 Å². The van der Waals surface area contributed by atoms with Crippen molar-refractivity contribution in [1.82, 2.24) is 25.1 Å². The number of benzene rings is 1. The number of halogens is 3. The maximum absolute atomic E-state index is 13.8. The van der Waals surface area contributed by atoms with Crippen LogP contribution in [-0.2, 0) is 17.4 Å². The number of hydrogen-bond acceptors (Lipinski definition) is 4. The number of rotatable bonds is 3. The zero-order valence-electron chi connectivity index (χ0n) is 17.0. The second kappa shape index (κ2) is 7.54. The van der Waals surface area contributed by atoms with E-state index in [9.17, 15) is 18.0 Å². The summed E-state index contributed by atoms with van der Waals surface area (Å²) < 4.78 is 41.3. The summed E-state index contributed by atoms with van der Waals surface area (Å²) in [7, 11) is 0. The maximum atomic E-state index is 13.8.